The third-order valence-corrected chi connectivity index (χ3v) is 4.52. The maximum absolute atomic E-state index is 12.0. The van der Waals surface area contributed by atoms with Crippen LogP contribution < -0.4 is 11.3 Å². The van der Waals surface area contributed by atoms with Crippen LogP contribution in [-0.2, 0) is 11.3 Å². The van der Waals surface area contributed by atoms with Crippen LogP contribution in [0, 0.1) is 20.8 Å². The van der Waals surface area contributed by atoms with Gasteiger partial charge in [0.25, 0.3) is 5.56 Å². The van der Waals surface area contributed by atoms with Crippen molar-refractivity contribution in [2.24, 2.45) is 5.10 Å². The Balaban J connectivity index is 1.87. The lowest BCUT2D eigenvalue weighted by Crippen LogP contribution is -2.19. The van der Waals surface area contributed by atoms with Crippen LogP contribution in [0.15, 0.2) is 28.1 Å². The molecule has 3 heterocycles. The van der Waals surface area contributed by atoms with Gasteiger partial charge in [-0.05, 0) is 51.3 Å². The molecule has 128 valence electrons. The number of aromatic nitrogens is 2. The topological polar surface area (TPSA) is 74.5 Å². The molecule has 1 aliphatic rings. The van der Waals surface area contributed by atoms with Gasteiger partial charge in [0, 0.05) is 36.2 Å². The molecule has 0 spiro atoms. The van der Waals surface area contributed by atoms with E-state index in [4.69, 9.17) is 10.5 Å². The van der Waals surface area contributed by atoms with E-state index in [9.17, 15) is 4.79 Å². The summed E-state index contributed by atoms with van der Waals surface area (Å²) >= 11 is 0. The molecule has 0 amide bonds. The number of nitrogens with two attached hydrogens (primary N) is 1. The summed E-state index contributed by atoms with van der Waals surface area (Å²) in [6.07, 6.45) is 4.22. The Kier molecular flexibility index (Phi) is 4.57. The molecule has 0 aliphatic carbocycles. The molecule has 6 heteroatoms. The van der Waals surface area contributed by atoms with Crippen LogP contribution in [0.1, 0.15) is 35.4 Å². The lowest BCUT2D eigenvalue weighted by molar-refractivity contribution is 0.0962. The first kappa shape index (κ1) is 16.5. The normalized spacial score (nSPS) is 17.9. The summed E-state index contributed by atoms with van der Waals surface area (Å²) in [4.78, 5) is 12.0. The summed E-state index contributed by atoms with van der Waals surface area (Å²) in [5.41, 5.74) is 9.76. The fraction of sp³-hybridized carbons (Fsp3) is 0.444. The van der Waals surface area contributed by atoms with Crippen LogP contribution in [-0.4, -0.2) is 28.2 Å². The van der Waals surface area contributed by atoms with Gasteiger partial charge in [0.2, 0.25) is 0 Å². The second-order valence-electron chi connectivity index (χ2n) is 6.42. The van der Waals surface area contributed by atoms with Crippen molar-refractivity contribution in [3.05, 3.63) is 51.1 Å². The van der Waals surface area contributed by atoms with Gasteiger partial charge in [0.1, 0.15) is 5.82 Å². The average molecular weight is 328 g/mol. The maximum atomic E-state index is 12.0. The van der Waals surface area contributed by atoms with Gasteiger partial charge in [-0.1, -0.05) is 0 Å². The van der Waals surface area contributed by atoms with Crippen molar-refractivity contribution < 1.29 is 4.74 Å². The highest BCUT2D eigenvalue weighted by atomic mass is 16.5. The molecular weight excluding hydrogens is 304 g/mol. The fourth-order valence-electron chi connectivity index (χ4n) is 3.19. The minimum atomic E-state index is -0.225. The first-order chi connectivity index (χ1) is 11.5. The Morgan fingerprint density at radius 2 is 2.12 bits per heavy atom. The van der Waals surface area contributed by atoms with Crippen molar-refractivity contribution in [3.8, 4) is 0 Å². The van der Waals surface area contributed by atoms with E-state index < -0.39 is 0 Å². The van der Waals surface area contributed by atoms with Crippen LogP contribution in [0.2, 0.25) is 0 Å². The highest BCUT2D eigenvalue weighted by Gasteiger charge is 2.18. The summed E-state index contributed by atoms with van der Waals surface area (Å²) in [7, 11) is 0. The number of hydrogen-bond acceptors (Lipinski definition) is 4. The fourth-order valence-corrected chi connectivity index (χ4v) is 3.19. The van der Waals surface area contributed by atoms with E-state index in [1.54, 1.807) is 12.3 Å². The molecule has 3 rings (SSSR count). The van der Waals surface area contributed by atoms with Gasteiger partial charge in [-0.15, -0.1) is 0 Å². The van der Waals surface area contributed by atoms with Crippen molar-refractivity contribution in [2.45, 2.75) is 46.3 Å². The molecule has 6 nitrogen and oxygen atoms in total. The molecule has 0 unspecified atom stereocenters. The summed E-state index contributed by atoms with van der Waals surface area (Å²) in [6.45, 7) is 7.69. The molecule has 0 bridgehead atoms. The molecule has 1 saturated heterocycles. The molecule has 1 aliphatic heterocycles. The van der Waals surface area contributed by atoms with Crippen LogP contribution in [0.3, 0.4) is 0 Å². The Bertz CT molecular complexity index is 826. The van der Waals surface area contributed by atoms with E-state index in [1.165, 1.54) is 10.7 Å². The number of nitrogens with zero attached hydrogens (tertiary/aromatic N) is 3. The molecule has 2 aromatic heterocycles. The molecule has 2 N–H and O–H groups in total. The third kappa shape index (κ3) is 3.28. The molecule has 0 radical (unpaired) electrons. The second kappa shape index (κ2) is 6.65. The number of hydrogen-bond donors (Lipinski definition) is 1. The quantitative estimate of drug-likeness (QED) is 0.875. The second-order valence-corrected chi connectivity index (χ2v) is 6.42. The highest BCUT2D eigenvalue weighted by molar-refractivity contribution is 5.81. The van der Waals surface area contributed by atoms with Gasteiger partial charge in [0.15, 0.2) is 0 Å². The lowest BCUT2D eigenvalue weighted by atomic mass is 10.2. The van der Waals surface area contributed by atoms with Crippen LogP contribution >= 0.6 is 0 Å². The van der Waals surface area contributed by atoms with Gasteiger partial charge in [-0.25, -0.2) is 0 Å². The molecule has 1 fully saturated rings. The smallest absolute Gasteiger partial charge is 0.273 e. The van der Waals surface area contributed by atoms with Crippen molar-refractivity contribution in [2.75, 3.05) is 12.3 Å². The van der Waals surface area contributed by atoms with Crippen molar-refractivity contribution in [1.82, 2.24) is 9.24 Å². The van der Waals surface area contributed by atoms with Gasteiger partial charge < -0.3 is 15.0 Å². The highest BCUT2D eigenvalue weighted by Crippen LogP contribution is 2.19. The summed E-state index contributed by atoms with van der Waals surface area (Å²) in [5.74, 6) is 0.337. The molecule has 0 aromatic carbocycles. The molecular formula is C18H24N4O2. The zero-order chi connectivity index (χ0) is 17.3. The minimum Gasteiger partial charge on any atom is -0.384 e. The standard InChI is InChI=1S/C18H24N4O2/c1-12-7-17(19)22(18(23)8-12)20-10-15-9-13(2)21(14(15)3)11-16-5-4-6-24-16/h7-10,16H,4-6,11,19H2,1-3H3/b20-10-/t16-/m0/s1. The number of pyridine rings is 1. The summed E-state index contributed by atoms with van der Waals surface area (Å²) in [6, 6.07) is 5.33. The van der Waals surface area contributed by atoms with Crippen molar-refractivity contribution in [1.29, 1.82) is 0 Å². The van der Waals surface area contributed by atoms with E-state index in [0.717, 1.165) is 48.5 Å². The van der Waals surface area contributed by atoms with Crippen LogP contribution in [0.5, 0.6) is 0 Å². The molecule has 2 aromatic rings. The van der Waals surface area contributed by atoms with Gasteiger partial charge in [-0.2, -0.15) is 9.78 Å². The Morgan fingerprint density at radius 3 is 2.79 bits per heavy atom. The summed E-state index contributed by atoms with van der Waals surface area (Å²) < 4.78 is 9.20. The van der Waals surface area contributed by atoms with E-state index in [-0.39, 0.29) is 11.7 Å². The average Bonchev–Trinajstić information content (AvgIpc) is 3.10. The third-order valence-electron chi connectivity index (χ3n) is 4.52. The molecule has 0 saturated carbocycles. The first-order valence-corrected chi connectivity index (χ1v) is 8.27. The minimum absolute atomic E-state index is 0.225. The molecule has 24 heavy (non-hydrogen) atoms. The Hall–Kier alpha value is -2.34. The SMILES string of the molecule is Cc1cc(N)n(/N=C\c2cc(C)n(C[C@@H]3CCCO3)c2C)c(=O)c1. The predicted molar refractivity (Wildman–Crippen MR) is 95.7 cm³/mol. The number of ether oxygens (including phenoxy) is 1. The zero-order valence-electron chi connectivity index (χ0n) is 14.5. The summed E-state index contributed by atoms with van der Waals surface area (Å²) in [5, 5.41) is 4.27. The maximum Gasteiger partial charge on any atom is 0.273 e. The number of nitrogen functional groups attached to an aromatic ring is 1. The Labute approximate surface area is 141 Å². The predicted octanol–water partition coefficient (Wildman–Crippen LogP) is 2.22. The van der Waals surface area contributed by atoms with Crippen LogP contribution in [0.25, 0.3) is 0 Å². The first-order valence-electron chi connectivity index (χ1n) is 8.27. The van der Waals surface area contributed by atoms with Gasteiger partial charge in [-0.3, -0.25) is 4.79 Å². The molecule has 1 atom stereocenters. The monoisotopic (exact) mass is 328 g/mol. The zero-order valence-corrected chi connectivity index (χ0v) is 14.5. The van der Waals surface area contributed by atoms with Crippen molar-refractivity contribution in [3.63, 3.8) is 0 Å². The Morgan fingerprint density at radius 1 is 1.33 bits per heavy atom. The number of rotatable bonds is 4. The lowest BCUT2D eigenvalue weighted by Gasteiger charge is -2.14. The largest absolute Gasteiger partial charge is 0.384 e. The van der Waals surface area contributed by atoms with Gasteiger partial charge in [0.05, 0.1) is 12.3 Å². The van der Waals surface area contributed by atoms with E-state index in [0.29, 0.717) is 5.82 Å². The number of aryl methyl sites for hydroxylation is 2. The van der Waals surface area contributed by atoms with E-state index in [1.807, 2.05) is 6.92 Å². The van der Waals surface area contributed by atoms with Crippen LogP contribution in [0.4, 0.5) is 5.82 Å². The van der Waals surface area contributed by atoms with Crippen molar-refractivity contribution >= 4 is 12.0 Å². The number of anilines is 1. The van der Waals surface area contributed by atoms with E-state index in [2.05, 4.69) is 29.6 Å². The van der Waals surface area contributed by atoms with Gasteiger partial charge >= 0.3 is 0 Å². The van der Waals surface area contributed by atoms with E-state index >= 15 is 0 Å².